The third-order valence-electron chi connectivity index (χ3n) is 0.686. The van der Waals surface area contributed by atoms with Crippen LogP contribution in [0.1, 0.15) is 0 Å². The van der Waals surface area contributed by atoms with Crippen molar-refractivity contribution in [3.8, 4) is 0 Å². The van der Waals surface area contributed by atoms with Crippen molar-refractivity contribution in [3.05, 3.63) is 11.1 Å². The van der Waals surface area contributed by atoms with Gasteiger partial charge in [0.2, 0.25) is 0 Å². The van der Waals surface area contributed by atoms with Crippen molar-refractivity contribution in [2.45, 2.75) is 0 Å². The van der Waals surface area contributed by atoms with Gasteiger partial charge in [-0.15, -0.1) is 0 Å². The van der Waals surface area contributed by atoms with Gasteiger partial charge >= 0.3 is 0 Å². The van der Waals surface area contributed by atoms with E-state index in [0.29, 0.717) is 0 Å². The minimum Gasteiger partial charge on any atom is -0.399 e. The Bertz CT molecular complexity index is 215. The van der Waals surface area contributed by atoms with Crippen LogP contribution in [0, 0.1) is 0 Å². The Morgan fingerprint density at radius 1 is 1.75 bits per heavy atom. The van der Waals surface area contributed by atoms with Gasteiger partial charge in [0, 0.05) is 5.70 Å². The van der Waals surface area contributed by atoms with E-state index in [9.17, 15) is 8.42 Å². The number of hydrogen-bond donors (Lipinski definition) is 1. The van der Waals surface area contributed by atoms with Crippen molar-refractivity contribution in [1.82, 2.24) is 0 Å². The lowest BCUT2D eigenvalue weighted by molar-refractivity contribution is 0.366. The smallest absolute Gasteiger partial charge is 0.292 e. The van der Waals surface area contributed by atoms with Crippen LogP contribution in [0.4, 0.5) is 0 Å². The molecule has 0 amide bonds. The third kappa shape index (κ3) is 0.988. The average molecular weight is 135 g/mol. The summed E-state index contributed by atoms with van der Waals surface area (Å²) in [5, 5.41) is 0.910. The molecule has 0 aliphatic carbocycles. The molecular formula is C3H5NO3S. The average Bonchev–Trinajstić information content (AvgIpc) is 1.82. The highest BCUT2D eigenvalue weighted by atomic mass is 32.2. The van der Waals surface area contributed by atoms with Gasteiger partial charge in [0.1, 0.15) is 6.61 Å². The van der Waals surface area contributed by atoms with E-state index in [1.54, 1.807) is 0 Å². The zero-order valence-corrected chi connectivity index (χ0v) is 4.81. The van der Waals surface area contributed by atoms with Gasteiger partial charge in [-0.25, -0.2) is 0 Å². The third-order valence-corrected chi connectivity index (χ3v) is 1.72. The Morgan fingerprint density at radius 3 is 2.50 bits per heavy atom. The van der Waals surface area contributed by atoms with Gasteiger partial charge in [0.05, 0.1) is 5.41 Å². The van der Waals surface area contributed by atoms with E-state index in [2.05, 4.69) is 4.18 Å². The molecule has 1 heterocycles. The van der Waals surface area contributed by atoms with Crippen molar-refractivity contribution in [1.29, 1.82) is 0 Å². The molecule has 0 aromatic rings. The molecule has 0 spiro atoms. The van der Waals surface area contributed by atoms with Crippen LogP contribution >= 0.6 is 0 Å². The first-order valence-corrected chi connectivity index (χ1v) is 3.43. The summed E-state index contributed by atoms with van der Waals surface area (Å²) in [5.74, 6) is 0. The van der Waals surface area contributed by atoms with Crippen LogP contribution in [-0.2, 0) is 14.3 Å². The van der Waals surface area contributed by atoms with Crippen LogP contribution in [0.3, 0.4) is 0 Å². The summed E-state index contributed by atoms with van der Waals surface area (Å²) < 4.78 is 24.7. The minimum absolute atomic E-state index is 0.00231. The van der Waals surface area contributed by atoms with Gasteiger partial charge in [0.15, 0.2) is 0 Å². The second-order valence-corrected chi connectivity index (χ2v) is 2.90. The molecular weight excluding hydrogens is 130 g/mol. The largest absolute Gasteiger partial charge is 0.399 e. The Kier molecular flexibility index (Phi) is 1.02. The fraction of sp³-hybridized carbons (Fsp3) is 0.333. The van der Waals surface area contributed by atoms with Crippen molar-refractivity contribution in [2.24, 2.45) is 5.73 Å². The molecule has 0 saturated carbocycles. The summed E-state index contributed by atoms with van der Waals surface area (Å²) in [7, 11) is -3.38. The quantitative estimate of drug-likeness (QED) is 0.439. The SMILES string of the molecule is NC1=CS(=O)(=O)OC1. The zero-order chi connectivity index (χ0) is 6.20. The summed E-state index contributed by atoms with van der Waals surface area (Å²) >= 11 is 0. The Labute approximate surface area is 47.1 Å². The maximum atomic E-state index is 10.3. The molecule has 1 aliphatic heterocycles. The van der Waals surface area contributed by atoms with Crippen molar-refractivity contribution in [2.75, 3.05) is 6.61 Å². The monoisotopic (exact) mass is 135 g/mol. The molecule has 1 aliphatic rings. The summed E-state index contributed by atoms with van der Waals surface area (Å²) in [6, 6.07) is 0. The van der Waals surface area contributed by atoms with E-state index in [0.717, 1.165) is 5.41 Å². The molecule has 0 radical (unpaired) electrons. The first-order valence-electron chi connectivity index (χ1n) is 1.96. The lowest BCUT2D eigenvalue weighted by Gasteiger charge is -1.84. The van der Waals surface area contributed by atoms with Crippen molar-refractivity contribution >= 4 is 10.1 Å². The normalized spacial score (nSPS) is 25.2. The van der Waals surface area contributed by atoms with Crippen LogP contribution in [0.5, 0.6) is 0 Å². The van der Waals surface area contributed by atoms with E-state index < -0.39 is 10.1 Å². The van der Waals surface area contributed by atoms with E-state index in [4.69, 9.17) is 5.73 Å². The molecule has 1 rings (SSSR count). The summed E-state index contributed by atoms with van der Waals surface area (Å²) in [5.41, 5.74) is 5.32. The van der Waals surface area contributed by atoms with E-state index in [1.165, 1.54) is 0 Å². The van der Waals surface area contributed by atoms with Gasteiger partial charge in [-0.3, -0.25) is 4.18 Å². The van der Waals surface area contributed by atoms with E-state index in [-0.39, 0.29) is 12.3 Å². The van der Waals surface area contributed by atoms with Crippen LogP contribution < -0.4 is 5.73 Å². The highest BCUT2D eigenvalue weighted by molar-refractivity contribution is 7.89. The van der Waals surface area contributed by atoms with Gasteiger partial charge in [-0.05, 0) is 0 Å². The van der Waals surface area contributed by atoms with Crippen LogP contribution in [0.2, 0.25) is 0 Å². The molecule has 2 N–H and O–H groups in total. The Hall–Kier alpha value is -0.550. The first kappa shape index (κ1) is 5.58. The molecule has 0 saturated heterocycles. The van der Waals surface area contributed by atoms with Crippen molar-refractivity contribution in [3.63, 3.8) is 0 Å². The molecule has 0 fully saturated rings. The molecule has 0 bridgehead atoms. The molecule has 46 valence electrons. The summed E-state index contributed by atoms with van der Waals surface area (Å²) in [6.45, 7) is 0.00231. The topological polar surface area (TPSA) is 69.4 Å². The lowest BCUT2D eigenvalue weighted by atomic mass is 10.6. The van der Waals surface area contributed by atoms with Crippen LogP contribution in [-0.4, -0.2) is 15.0 Å². The Balaban J connectivity index is 3.00. The summed E-state index contributed by atoms with van der Waals surface area (Å²) in [6.07, 6.45) is 0. The first-order chi connectivity index (χ1) is 3.60. The molecule has 5 heteroatoms. The number of nitrogens with two attached hydrogens (primary N) is 1. The van der Waals surface area contributed by atoms with Gasteiger partial charge in [0.25, 0.3) is 10.1 Å². The molecule has 8 heavy (non-hydrogen) atoms. The molecule has 0 aromatic carbocycles. The Morgan fingerprint density at radius 2 is 2.38 bits per heavy atom. The van der Waals surface area contributed by atoms with E-state index >= 15 is 0 Å². The van der Waals surface area contributed by atoms with E-state index in [1.807, 2.05) is 0 Å². The molecule has 0 atom stereocenters. The fourth-order valence-electron chi connectivity index (χ4n) is 0.404. The second kappa shape index (κ2) is 1.46. The highest BCUT2D eigenvalue weighted by Crippen LogP contribution is 2.06. The summed E-state index contributed by atoms with van der Waals surface area (Å²) in [4.78, 5) is 0. The predicted molar refractivity (Wildman–Crippen MR) is 27.1 cm³/mol. The minimum atomic E-state index is -3.38. The van der Waals surface area contributed by atoms with Crippen molar-refractivity contribution < 1.29 is 12.6 Å². The van der Waals surface area contributed by atoms with Gasteiger partial charge in [-0.1, -0.05) is 0 Å². The van der Waals surface area contributed by atoms with Gasteiger partial charge in [-0.2, -0.15) is 8.42 Å². The molecule has 4 nitrogen and oxygen atoms in total. The fourth-order valence-corrected chi connectivity index (χ4v) is 1.21. The van der Waals surface area contributed by atoms with Crippen LogP contribution in [0.25, 0.3) is 0 Å². The van der Waals surface area contributed by atoms with Gasteiger partial charge < -0.3 is 5.73 Å². The molecule has 0 aromatic heterocycles. The standard InChI is InChI=1S/C3H5NO3S/c4-3-1-7-8(5,6)2-3/h2H,1,4H2. The predicted octanol–water partition coefficient (Wildman–Crippen LogP) is -0.853. The zero-order valence-electron chi connectivity index (χ0n) is 3.99. The number of hydrogen-bond acceptors (Lipinski definition) is 4. The van der Waals surface area contributed by atoms with Crippen LogP contribution in [0.15, 0.2) is 11.1 Å². The number of rotatable bonds is 0. The maximum Gasteiger partial charge on any atom is 0.292 e. The maximum absolute atomic E-state index is 10.3. The lowest BCUT2D eigenvalue weighted by Crippen LogP contribution is -1.98. The second-order valence-electron chi connectivity index (χ2n) is 1.45. The molecule has 0 unspecified atom stereocenters. The highest BCUT2D eigenvalue weighted by Gasteiger charge is 2.15.